The zero-order valence-corrected chi connectivity index (χ0v) is 15.4. The summed E-state index contributed by atoms with van der Waals surface area (Å²) in [5.74, 6) is 0.127. The van der Waals surface area contributed by atoms with Crippen LogP contribution < -0.4 is 5.32 Å². The Labute approximate surface area is 161 Å². The van der Waals surface area contributed by atoms with Crippen molar-refractivity contribution in [3.8, 4) is 0 Å². The minimum absolute atomic E-state index is 0.0516. The van der Waals surface area contributed by atoms with E-state index in [2.05, 4.69) is 5.32 Å². The van der Waals surface area contributed by atoms with E-state index in [4.69, 9.17) is 5.11 Å². The highest BCUT2D eigenvalue weighted by Gasteiger charge is 2.29. The molecule has 140 valence electrons. The molecular weight excluding hydrogens is 364 g/mol. The van der Waals surface area contributed by atoms with Crippen molar-refractivity contribution in [3.05, 3.63) is 65.7 Å². The SMILES string of the molecule is O=C(O)CC1CSCCN1C(=O)c1ccc(NC(=O)c2ccccc2)cc1. The fourth-order valence-electron chi connectivity index (χ4n) is 2.95. The number of rotatable bonds is 5. The number of nitrogens with one attached hydrogen (secondary N) is 1. The van der Waals surface area contributed by atoms with Crippen LogP contribution in [-0.2, 0) is 4.79 Å². The number of benzene rings is 2. The molecule has 0 aromatic heterocycles. The summed E-state index contributed by atoms with van der Waals surface area (Å²) in [7, 11) is 0. The molecule has 1 aliphatic rings. The van der Waals surface area contributed by atoms with Crippen molar-refractivity contribution in [2.45, 2.75) is 12.5 Å². The van der Waals surface area contributed by atoms with E-state index in [-0.39, 0.29) is 24.3 Å². The van der Waals surface area contributed by atoms with Gasteiger partial charge in [0.2, 0.25) is 0 Å². The third-order valence-corrected chi connectivity index (χ3v) is 5.42. The van der Waals surface area contributed by atoms with E-state index in [1.807, 2.05) is 6.07 Å². The molecule has 2 aromatic carbocycles. The number of amides is 2. The first-order valence-corrected chi connectivity index (χ1v) is 9.77. The van der Waals surface area contributed by atoms with E-state index in [0.29, 0.717) is 29.1 Å². The van der Waals surface area contributed by atoms with Crippen LogP contribution >= 0.6 is 11.8 Å². The third-order valence-electron chi connectivity index (χ3n) is 4.32. The van der Waals surface area contributed by atoms with Crippen molar-refractivity contribution >= 4 is 35.2 Å². The standard InChI is InChI=1S/C20H20N2O4S/c23-18(24)12-17-13-27-11-10-22(17)20(26)15-6-8-16(9-7-15)21-19(25)14-4-2-1-3-5-14/h1-9,17H,10-13H2,(H,21,25)(H,23,24). The van der Waals surface area contributed by atoms with Crippen LogP contribution in [0.25, 0.3) is 0 Å². The number of nitrogens with zero attached hydrogens (tertiary/aromatic N) is 1. The van der Waals surface area contributed by atoms with Gasteiger partial charge in [0, 0.05) is 34.9 Å². The lowest BCUT2D eigenvalue weighted by Crippen LogP contribution is -2.47. The third kappa shape index (κ3) is 4.89. The van der Waals surface area contributed by atoms with Crippen LogP contribution in [0.1, 0.15) is 27.1 Å². The Balaban J connectivity index is 1.68. The quantitative estimate of drug-likeness (QED) is 0.828. The van der Waals surface area contributed by atoms with Crippen molar-refractivity contribution in [1.29, 1.82) is 0 Å². The topological polar surface area (TPSA) is 86.7 Å². The van der Waals surface area contributed by atoms with Gasteiger partial charge >= 0.3 is 5.97 Å². The van der Waals surface area contributed by atoms with Crippen molar-refractivity contribution in [2.24, 2.45) is 0 Å². The van der Waals surface area contributed by atoms with Crippen molar-refractivity contribution in [2.75, 3.05) is 23.4 Å². The first-order valence-electron chi connectivity index (χ1n) is 8.61. The Kier molecular flexibility index (Phi) is 6.13. The number of hydrogen-bond acceptors (Lipinski definition) is 4. The lowest BCUT2D eigenvalue weighted by Gasteiger charge is -2.34. The average Bonchev–Trinajstić information content (AvgIpc) is 2.69. The molecule has 1 fully saturated rings. The van der Waals surface area contributed by atoms with E-state index in [1.165, 1.54) is 0 Å². The molecule has 0 saturated carbocycles. The van der Waals surface area contributed by atoms with E-state index in [1.54, 1.807) is 65.2 Å². The number of carbonyl (C=O) groups excluding carboxylic acids is 2. The molecule has 1 atom stereocenters. The summed E-state index contributed by atoms with van der Waals surface area (Å²) >= 11 is 1.66. The molecule has 2 amide bonds. The van der Waals surface area contributed by atoms with Crippen LogP contribution in [0.3, 0.4) is 0 Å². The summed E-state index contributed by atoms with van der Waals surface area (Å²) in [5, 5.41) is 11.9. The maximum Gasteiger partial charge on any atom is 0.305 e. The molecule has 0 radical (unpaired) electrons. The lowest BCUT2D eigenvalue weighted by atomic mass is 10.1. The van der Waals surface area contributed by atoms with Crippen LogP contribution in [-0.4, -0.2) is 51.9 Å². The van der Waals surface area contributed by atoms with Gasteiger partial charge in [-0.2, -0.15) is 11.8 Å². The fraction of sp³-hybridized carbons (Fsp3) is 0.250. The van der Waals surface area contributed by atoms with Crippen LogP contribution in [0.2, 0.25) is 0 Å². The highest BCUT2D eigenvalue weighted by atomic mass is 32.2. The highest BCUT2D eigenvalue weighted by Crippen LogP contribution is 2.22. The Bertz CT molecular complexity index is 824. The molecule has 1 aliphatic heterocycles. The van der Waals surface area contributed by atoms with Crippen molar-refractivity contribution < 1.29 is 19.5 Å². The van der Waals surface area contributed by atoms with Gasteiger partial charge in [-0.15, -0.1) is 0 Å². The minimum Gasteiger partial charge on any atom is -0.481 e. The molecule has 0 aliphatic carbocycles. The largest absolute Gasteiger partial charge is 0.481 e. The fourth-order valence-corrected chi connectivity index (χ4v) is 4.01. The Morgan fingerprint density at radius 1 is 1.04 bits per heavy atom. The van der Waals surface area contributed by atoms with Crippen LogP contribution in [0, 0.1) is 0 Å². The summed E-state index contributed by atoms with van der Waals surface area (Å²) < 4.78 is 0. The number of carboxylic acid groups (broad SMARTS) is 1. The maximum atomic E-state index is 12.8. The van der Waals surface area contributed by atoms with Gasteiger partial charge < -0.3 is 15.3 Å². The van der Waals surface area contributed by atoms with Gasteiger partial charge in [0.05, 0.1) is 12.5 Å². The molecular formula is C20H20N2O4S. The number of carboxylic acids is 1. The molecule has 1 unspecified atom stereocenters. The van der Waals surface area contributed by atoms with Crippen LogP contribution in [0.15, 0.2) is 54.6 Å². The lowest BCUT2D eigenvalue weighted by molar-refractivity contribution is -0.138. The van der Waals surface area contributed by atoms with Gasteiger partial charge in [0.15, 0.2) is 0 Å². The molecule has 2 N–H and O–H groups in total. The highest BCUT2D eigenvalue weighted by molar-refractivity contribution is 7.99. The molecule has 0 bridgehead atoms. The molecule has 3 rings (SSSR count). The summed E-state index contributed by atoms with van der Waals surface area (Å²) in [6.45, 7) is 0.536. The van der Waals surface area contributed by atoms with Gasteiger partial charge in [0.25, 0.3) is 11.8 Å². The summed E-state index contributed by atoms with van der Waals surface area (Å²) in [6.07, 6.45) is -0.0516. The average molecular weight is 384 g/mol. The van der Waals surface area contributed by atoms with Crippen molar-refractivity contribution in [3.63, 3.8) is 0 Å². The van der Waals surface area contributed by atoms with Crippen LogP contribution in [0.4, 0.5) is 5.69 Å². The number of carbonyl (C=O) groups is 3. The normalized spacial score (nSPS) is 16.6. The molecule has 2 aromatic rings. The van der Waals surface area contributed by atoms with E-state index in [9.17, 15) is 14.4 Å². The number of hydrogen-bond donors (Lipinski definition) is 2. The van der Waals surface area contributed by atoms with Gasteiger partial charge in [0.1, 0.15) is 0 Å². The zero-order valence-electron chi connectivity index (χ0n) is 14.6. The first-order chi connectivity index (χ1) is 13.0. The Morgan fingerprint density at radius 2 is 1.74 bits per heavy atom. The molecule has 1 heterocycles. The van der Waals surface area contributed by atoms with Gasteiger partial charge in [-0.1, -0.05) is 18.2 Å². The molecule has 0 spiro atoms. The Morgan fingerprint density at radius 3 is 2.41 bits per heavy atom. The monoisotopic (exact) mass is 384 g/mol. The van der Waals surface area contributed by atoms with E-state index >= 15 is 0 Å². The van der Waals surface area contributed by atoms with E-state index in [0.717, 1.165) is 5.75 Å². The number of anilines is 1. The maximum absolute atomic E-state index is 12.8. The summed E-state index contributed by atoms with van der Waals surface area (Å²) in [6, 6.07) is 15.2. The first kappa shape index (κ1) is 19.0. The second-order valence-corrected chi connectivity index (χ2v) is 7.37. The predicted molar refractivity (Wildman–Crippen MR) is 105 cm³/mol. The van der Waals surface area contributed by atoms with Gasteiger partial charge in [-0.3, -0.25) is 14.4 Å². The Hall–Kier alpha value is -2.80. The number of thioether (sulfide) groups is 1. The van der Waals surface area contributed by atoms with Gasteiger partial charge in [-0.05, 0) is 36.4 Å². The predicted octanol–water partition coefficient (Wildman–Crippen LogP) is 2.97. The molecule has 27 heavy (non-hydrogen) atoms. The number of aliphatic carboxylic acids is 1. The van der Waals surface area contributed by atoms with Gasteiger partial charge in [-0.25, -0.2) is 0 Å². The van der Waals surface area contributed by atoms with Crippen LogP contribution in [0.5, 0.6) is 0 Å². The summed E-state index contributed by atoms with van der Waals surface area (Å²) in [5.41, 5.74) is 1.63. The second kappa shape index (κ2) is 8.73. The summed E-state index contributed by atoms with van der Waals surface area (Å²) in [4.78, 5) is 37.7. The van der Waals surface area contributed by atoms with E-state index < -0.39 is 5.97 Å². The second-order valence-electron chi connectivity index (χ2n) is 6.22. The molecule has 7 heteroatoms. The van der Waals surface area contributed by atoms with Crippen molar-refractivity contribution in [1.82, 2.24) is 4.90 Å². The molecule has 1 saturated heterocycles. The molecule has 6 nitrogen and oxygen atoms in total. The minimum atomic E-state index is -0.903. The zero-order chi connectivity index (χ0) is 19.2. The smallest absolute Gasteiger partial charge is 0.305 e.